The molecule has 0 spiro atoms. The minimum absolute atomic E-state index is 0.0159. The lowest BCUT2D eigenvalue weighted by Gasteiger charge is -2.26. The number of carbonyl (C=O) groups excluding carboxylic acids is 3. The van der Waals surface area contributed by atoms with Gasteiger partial charge in [-0.1, -0.05) is 44.2 Å². The number of aliphatic carboxylic acids is 1. The smallest absolute Gasteiger partial charge is 0.326 e. The number of hydrogen-bond donors (Lipinski definition) is 7. The molecule has 3 aromatic rings. The Bertz CT molecular complexity index is 1400. The molecule has 1 aromatic heterocycles. The van der Waals surface area contributed by atoms with E-state index in [0.29, 0.717) is 18.5 Å². The van der Waals surface area contributed by atoms with Crippen molar-refractivity contribution in [3.63, 3.8) is 0 Å². The van der Waals surface area contributed by atoms with E-state index in [-0.39, 0.29) is 36.8 Å². The van der Waals surface area contributed by atoms with Crippen molar-refractivity contribution >= 4 is 34.6 Å². The van der Waals surface area contributed by atoms with E-state index in [4.69, 9.17) is 0 Å². The van der Waals surface area contributed by atoms with Gasteiger partial charge in [0.15, 0.2) is 0 Å². The fraction of sp³-hybridized carbons (Fsp3) is 0.419. The molecule has 0 radical (unpaired) electrons. The summed E-state index contributed by atoms with van der Waals surface area (Å²) in [6.45, 7) is 4.44. The SMILES string of the molecule is CC(C)CC(NC(=O)C(Cc1c[nH]c2ccccc12)NC(=O)C(Cc1ccc(O)cc1)NC(=O)C1CCCN1)C(=O)O. The first-order valence-corrected chi connectivity index (χ1v) is 14.3. The number of aromatic nitrogens is 1. The molecular weight excluding hydrogens is 538 g/mol. The molecule has 3 amide bonds. The summed E-state index contributed by atoms with van der Waals surface area (Å²) < 4.78 is 0. The standard InChI is InChI=1S/C31H39N5O6/c1-18(2)14-27(31(41)42)36-30(40)26(16-20-17-33-23-7-4-3-6-22(20)23)35-29(39)25(15-19-9-11-21(37)12-10-19)34-28(38)24-8-5-13-32-24/h3-4,6-7,9-12,17-18,24-27,32-33,37H,5,8,13-16H2,1-2H3,(H,34,38)(H,35,39)(H,36,40)(H,41,42). The third-order valence-corrected chi connectivity index (χ3v) is 7.44. The van der Waals surface area contributed by atoms with Crippen molar-refractivity contribution in [1.82, 2.24) is 26.3 Å². The molecule has 11 heteroatoms. The van der Waals surface area contributed by atoms with Crippen LogP contribution in [0.5, 0.6) is 5.75 Å². The molecule has 0 bridgehead atoms. The van der Waals surface area contributed by atoms with Crippen molar-refractivity contribution in [2.24, 2.45) is 5.92 Å². The van der Waals surface area contributed by atoms with Crippen molar-refractivity contribution in [3.8, 4) is 5.75 Å². The number of carboxylic acids is 1. The minimum Gasteiger partial charge on any atom is -0.508 e. The fourth-order valence-corrected chi connectivity index (χ4v) is 5.22. The maximum Gasteiger partial charge on any atom is 0.326 e. The van der Waals surface area contributed by atoms with Gasteiger partial charge in [-0.2, -0.15) is 0 Å². The number of para-hydroxylation sites is 1. The van der Waals surface area contributed by atoms with E-state index in [1.807, 2.05) is 38.1 Å². The van der Waals surface area contributed by atoms with Gasteiger partial charge in [-0.05, 0) is 61.1 Å². The van der Waals surface area contributed by atoms with Crippen LogP contribution in [0.15, 0.2) is 54.7 Å². The van der Waals surface area contributed by atoms with E-state index in [1.165, 1.54) is 12.1 Å². The summed E-state index contributed by atoms with van der Waals surface area (Å²) in [6.07, 6.45) is 3.71. The Morgan fingerprint density at radius 1 is 0.905 bits per heavy atom. The molecule has 11 nitrogen and oxygen atoms in total. The highest BCUT2D eigenvalue weighted by molar-refractivity contribution is 5.95. The first kappa shape index (κ1) is 30.6. The van der Waals surface area contributed by atoms with Crippen LogP contribution < -0.4 is 21.3 Å². The summed E-state index contributed by atoms with van der Waals surface area (Å²) in [5.41, 5.74) is 2.34. The van der Waals surface area contributed by atoms with Crippen molar-refractivity contribution in [1.29, 1.82) is 0 Å². The predicted octanol–water partition coefficient (Wildman–Crippen LogP) is 2.00. The van der Waals surface area contributed by atoms with E-state index >= 15 is 0 Å². The highest BCUT2D eigenvalue weighted by Crippen LogP contribution is 2.20. The van der Waals surface area contributed by atoms with Gasteiger partial charge in [0, 0.05) is 29.9 Å². The molecule has 2 aromatic carbocycles. The normalized spacial score (nSPS) is 17.0. The van der Waals surface area contributed by atoms with Gasteiger partial charge in [0.05, 0.1) is 6.04 Å². The van der Waals surface area contributed by atoms with E-state index in [2.05, 4.69) is 26.3 Å². The number of amides is 3. The Morgan fingerprint density at radius 3 is 2.21 bits per heavy atom. The molecule has 1 saturated heterocycles. The van der Waals surface area contributed by atoms with E-state index in [0.717, 1.165) is 22.9 Å². The second-order valence-electron chi connectivity index (χ2n) is 11.2. The molecule has 7 N–H and O–H groups in total. The highest BCUT2D eigenvalue weighted by atomic mass is 16.4. The molecule has 4 rings (SSSR count). The number of hydrogen-bond acceptors (Lipinski definition) is 6. The van der Waals surface area contributed by atoms with Gasteiger partial charge in [-0.25, -0.2) is 4.79 Å². The number of H-pyrrole nitrogens is 1. The number of fused-ring (bicyclic) bond motifs is 1. The number of aromatic hydroxyl groups is 1. The number of carboxylic acid groups (broad SMARTS) is 1. The van der Waals surface area contributed by atoms with Gasteiger partial charge in [-0.3, -0.25) is 14.4 Å². The molecule has 2 heterocycles. The molecule has 1 fully saturated rings. The lowest BCUT2D eigenvalue weighted by atomic mass is 10.00. The summed E-state index contributed by atoms with van der Waals surface area (Å²) in [4.78, 5) is 55.4. The van der Waals surface area contributed by atoms with E-state index in [9.17, 15) is 29.4 Å². The second-order valence-corrected chi connectivity index (χ2v) is 11.2. The lowest BCUT2D eigenvalue weighted by molar-refractivity contribution is -0.142. The summed E-state index contributed by atoms with van der Waals surface area (Å²) in [5.74, 6) is -2.59. The van der Waals surface area contributed by atoms with Gasteiger partial charge in [0.25, 0.3) is 0 Å². The van der Waals surface area contributed by atoms with Crippen molar-refractivity contribution < 1.29 is 29.4 Å². The van der Waals surface area contributed by atoms with Crippen molar-refractivity contribution in [2.75, 3.05) is 6.54 Å². The van der Waals surface area contributed by atoms with Crippen LogP contribution in [0.3, 0.4) is 0 Å². The van der Waals surface area contributed by atoms with Crippen molar-refractivity contribution in [2.45, 2.75) is 70.1 Å². The van der Waals surface area contributed by atoms with Crippen LogP contribution in [0.4, 0.5) is 0 Å². The lowest BCUT2D eigenvalue weighted by Crippen LogP contribution is -2.58. The molecular formula is C31H39N5O6. The maximum absolute atomic E-state index is 13.8. The summed E-state index contributed by atoms with van der Waals surface area (Å²) in [7, 11) is 0. The van der Waals surface area contributed by atoms with Crippen LogP contribution in [0.25, 0.3) is 10.9 Å². The Hall–Kier alpha value is -4.38. The number of phenolic OH excluding ortho intramolecular Hbond substituents is 1. The van der Waals surface area contributed by atoms with Crippen LogP contribution in [0.1, 0.15) is 44.2 Å². The third-order valence-electron chi connectivity index (χ3n) is 7.44. The van der Waals surface area contributed by atoms with Crippen LogP contribution in [-0.2, 0) is 32.0 Å². The molecule has 0 aliphatic carbocycles. The summed E-state index contributed by atoms with van der Waals surface area (Å²) >= 11 is 0. The van der Waals surface area contributed by atoms with Gasteiger partial charge in [0.1, 0.15) is 23.9 Å². The topological polar surface area (TPSA) is 173 Å². The van der Waals surface area contributed by atoms with Gasteiger partial charge in [0.2, 0.25) is 17.7 Å². The minimum atomic E-state index is -1.16. The average Bonchev–Trinajstić information content (AvgIpc) is 3.64. The Morgan fingerprint density at radius 2 is 1.57 bits per heavy atom. The summed E-state index contributed by atoms with van der Waals surface area (Å²) in [6, 6.07) is 10.2. The zero-order valence-corrected chi connectivity index (χ0v) is 23.9. The zero-order valence-electron chi connectivity index (χ0n) is 23.9. The quantitative estimate of drug-likeness (QED) is 0.163. The predicted molar refractivity (Wildman–Crippen MR) is 158 cm³/mol. The van der Waals surface area contributed by atoms with Gasteiger partial charge < -0.3 is 36.5 Å². The van der Waals surface area contributed by atoms with Gasteiger partial charge >= 0.3 is 5.97 Å². The Balaban J connectivity index is 1.59. The van der Waals surface area contributed by atoms with Crippen LogP contribution in [0, 0.1) is 5.92 Å². The monoisotopic (exact) mass is 577 g/mol. The first-order chi connectivity index (χ1) is 20.1. The van der Waals surface area contributed by atoms with Crippen LogP contribution >= 0.6 is 0 Å². The number of nitrogens with one attached hydrogen (secondary N) is 5. The number of phenols is 1. The van der Waals surface area contributed by atoms with Gasteiger partial charge in [-0.15, -0.1) is 0 Å². The van der Waals surface area contributed by atoms with Crippen LogP contribution in [-0.4, -0.2) is 69.6 Å². The molecule has 0 saturated carbocycles. The number of carbonyl (C=O) groups is 4. The number of benzene rings is 2. The molecule has 4 atom stereocenters. The third kappa shape index (κ3) is 8.10. The number of rotatable bonds is 13. The molecule has 4 unspecified atom stereocenters. The van der Waals surface area contributed by atoms with E-state index in [1.54, 1.807) is 18.3 Å². The fourth-order valence-electron chi connectivity index (χ4n) is 5.22. The van der Waals surface area contributed by atoms with Crippen LogP contribution in [0.2, 0.25) is 0 Å². The number of aromatic amines is 1. The second kappa shape index (κ2) is 14.0. The Kier molecular flexibility index (Phi) is 10.2. The average molecular weight is 578 g/mol. The van der Waals surface area contributed by atoms with Crippen molar-refractivity contribution in [3.05, 3.63) is 65.9 Å². The molecule has 42 heavy (non-hydrogen) atoms. The van der Waals surface area contributed by atoms with E-state index < -0.39 is 42.0 Å². The zero-order chi connectivity index (χ0) is 30.2. The highest BCUT2D eigenvalue weighted by Gasteiger charge is 2.32. The first-order valence-electron chi connectivity index (χ1n) is 14.3. The molecule has 1 aliphatic heterocycles. The summed E-state index contributed by atoms with van der Waals surface area (Å²) in [5, 5.41) is 31.7. The molecule has 224 valence electrons. The largest absolute Gasteiger partial charge is 0.508 e. The Labute approximate surface area is 244 Å². The maximum atomic E-state index is 13.8. The molecule has 1 aliphatic rings.